The van der Waals surface area contributed by atoms with Crippen LogP contribution in [0.1, 0.15) is 26.3 Å². The maximum absolute atomic E-state index is 11.5. The van der Waals surface area contributed by atoms with Crippen LogP contribution in [0.3, 0.4) is 0 Å². The molecule has 0 saturated heterocycles. The first-order chi connectivity index (χ1) is 9.35. The zero-order chi connectivity index (χ0) is 15.2. The first kappa shape index (κ1) is 16.1. The van der Waals surface area contributed by atoms with E-state index in [2.05, 4.69) is 10.9 Å². The van der Waals surface area contributed by atoms with Gasteiger partial charge in [0, 0.05) is 18.2 Å². The predicted molar refractivity (Wildman–Crippen MR) is 75.8 cm³/mol. The van der Waals surface area contributed by atoms with E-state index in [0.717, 1.165) is 5.56 Å². The Kier molecular flexibility index (Phi) is 5.64. The minimum Gasteiger partial charge on any atom is -0.497 e. The quantitative estimate of drug-likeness (QED) is 0.811. The zero-order valence-corrected chi connectivity index (χ0v) is 12.6. The van der Waals surface area contributed by atoms with Crippen molar-refractivity contribution < 1.29 is 19.0 Å². The van der Waals surface area contributed by atoms with Gasteiger partial charge < -0.3 is 14.2 Å². The first-order valence-corrected chi connectivity index (χ1v) is 6.28. The molecule has 6 heteroatoms. The molecule has 0 heterocycles. The summed E-state index contributed by atoms with van der Waals surface area (Å²) in [6, 6.07) is 5.47. The van der Waals surface area contributed by atoms with E-state index in [0.29, 0.717) is 18.0 Å². The van der Waals surface area contributed by atoms with Crippen molar-refractivity contribution in [2.75, 3.05) is 14.2 Å². The molecular formula is C14H22N2O4. The highest BCUT2D eigenvalue weighted by Gasteiger charge is 2.15. The Morgan fingerprint density at radius 2 is 1.90 bits per heavy atom. The summed E-state index contributed by atoms with van der Waals surface area (Å²) in [4.78, 5) is 11.5. The summed E-state index contributed by atoms with van der Waals surface area (Å²) in [7, 11) is 3.18. The summed E-state index contributed by atoms with van der Waals surface area (Å²) < 4.78 is 15.5. The first-order valence-electron chi connectivity index (χ1n) is 6.28. The fraction of sp³-hybridized carbons (Fsp3) is 0.500. The van der Waals surface area contributed by atoms with Crippen LogP contribution in [-0.2, 0) is 11.3 Å². The van der Waals surface area contributed by atoms with E-state index in [9.17, 15) is 4.79 Å². The molecule has 2 N–H and O–H groups in total. The van der Waals surface area contributed by atoms with Gasteiger partial charge in [-0.05, 0) is 26.8 Å². The molecule has 0 unspecified atom stereocenters. The Hall–Kier alpha value is -1.95. The van der Waals surface area contributed by atoms with E-state index in [1.54, 1.807) is 41.1 Å². The van der Waals surface area contributed by atoms with Gasteiger partial charge in [0.05, 0.1) is 14.2 Å². The van der Waals surface area contributed by atoms with Gasteiger partial charge in [-0.1, -0.05) is 6.07 Å². The highest BCUT2D eigenvalue weighted by atomic mass is 16.6. The van der Waals surface area contributed by atoms with Gasteiger partial charge in [-0.25, -0.2) is 10.2 Å². The van der Waals surface area contributed by atoms with Gasteiger partial charge in [-0.3, -0.25) is 5.43 Å². The molecule has 0 saturated carbocycles. The Balaban J connectivity index is 2.52. The third-order valence-corrected chi connectivity index (χ3v) is 2.36. The van der Waals surface area contributed by atoms with Gasteiger partial charge in [-0.2, -0.15) is 0 Å². The maximum atomic E-state index is 11.5. The van der Waals surface area contributed by atoms with Crippen LogP contribution in [0, 0.1) is 0 Å². The number of hydrazine groups is 1. The summed E-state index contributed by atoms with van der Waals surface area (Å²) in [5, 5.41) is 0. The van der Waals surface area contributed by atoms with E-state index in [1.165, 1.54) is 0 Å². The number of amides is 1. The van der Waals surface area contributed by atoms with Crippen LogP contribution in [0.2, 0.25) is 0 Å². The monoisotopic (exact) mass is 282 g/mol. The minimum absolute atomic E-state index is 0.409. The number of nitrogens with one attached hydrogen (secondary N) is 2. The third kappa shape index (κ3) is 5.36. The van der Waals surface area contributed by atoms with Crippen molar-refractivity contribution in [3.63, 3.8) is 0 Å². The molecule has 0 aliphatic carbocycles. The second-order valence-corrected chi connectivity index (χ2v) is 5.16. The van der Waals surface area contributed by atoms with Crippen LogP contribution in [-0.4, -0.2) is 25.9 Å². The van der Waals surface area contributed by atoms with Crippen molar-refractivity contribution in [3.05, 3.63) is 23.8 Å². The third-order valence-electron chi connectivity index (χ3n) is 2.36. The Morgan fingerprint density at radius 3 is 2.45 bits per heavy atom. The second-order valence-electron chi connectivity index (χ2n) is 5.16. The number of ether oxygens (including phenoxy) is 3. The number of hydrogen-bond acceptors (Lipinski definition) is 5. The molecular weight excluding hydrogens is 260 g/mol. The molecule has 112 valence electrons. The highest BCUT2D eigenvalue weighted by Crippen LogP contribution is 2.24. The molecule has 0 aromatic heterocycles. The maximum Gasteiger partial charge on any atom is 0.422 e. The van der Waals surface area contributed by atoms with Crippen LogP contribution in [0.15, 0.2) is 18.2 Å². The summed E-state index contributed by atoms with van der Waals surface area (Å²) in [6.07, 6.45) is -0.523. The number of carbonyl (C=O) groups excluding carboxylic acids is 1. The molecule has 0 aliphatic heterocycles. The normalized spacial score (nSPS) is 10.8. The van der Waals surface area contributed by atoms with Gasteiger partial charge in [0.1, 0.15) is 17.1 Å². The van der Waals surface area contributed by atoms with Crippen LogP contribution < -0.4 is 20.3 Å². The van der Waals surface area contributed by atoms with Crippen LogP contribution in [0.4, 0.5) is 4.79 Å². The molecule has 0 bridgehead atoms. The lowest BCUT2D eigenvalue weighted by molar-refractivity contribution is 0.0497. The molecule has 1 amide bonds. The molecule has 0 atom stereocenters. The van der Waals surface area contributed by atoms with Gasteiger partial charge in [-0.15, -0.1) is 0 Å². The van der Waals surface area contributed by atoms with Crippen LogP contribution in [0.5, 0.6) is 11.5 Å². The topological polar surface area (TPSA) is 68.8 Å². The number of carbonyl (C=O) groups is 1. The average Bonchev–Trinajstić information content (AvgIpc) is 2.36. The summed E-state index contributed by atoms with van der Waals surface area (Å²) in [5.41, 5.74) is 5.63. The van der Waals surface area contributed by atoms with Gasteiger partial charge in [0.15, 0.2) is 0 Å². The summed E-state index contributed by atoms with van der Waals surface area (Å²) in [5.74, 6) is 1.40. The van der Waals surface area contributed by atoms with Crippen LogP contribution >= 0.6 is 0 Å². The lowest BCUT2D eigenvalue weighted by Gasteiger charge is -2.20. The summed E-state index contributed by atoms with van der Waals surface area (Å²) >= 11 is 0. The molecule has 1 rings (SSSR count). The second kappa shape index (κ2) is 7.00. The fourth-order valence-electron chi connectivity index (χ4n) is 1.51. The molecule has 1 aromatic rings. The van der Waals surface area contributed by atoms with Gasteiger partial charge in [0.2, 0.25) is 0 Å². The van der Waals surface area contributed by atoms with Crippen molar-refractivity contribution in [2.24, 2.45) is 0 Å². The molecule has 1 aromatic carbocycles. The lowest BCUT2D eigenvalue weighted by Crippen LogP contribution is -2.40. The van der Waals surface area contributed by atoms with E-state index < -0.39 is 11.7 Å². The predicted octanol–water partition coefficient (Wildman–Crippen LogP) is 2.23. The molecule has 0 spiro atoms. The Labute approximate surface area is 119 Å². The fourth-order valence-corrected chi connectivity index (χ4v) is 1.51. The van der Waals surface area contributed by atoms with E-state index in [-0.39, 0.29) is 0 Å². The van der Waals surface area contributed by atoms with Crippen molar-refractivity contribution in [3.8, 4) is 11.5 Å². The summed E-state index contributed by atoms with van der Waals surface area (Å²) in [6.45, 7) is 5.82. The Morgan fingerprint density at radius 1 is 1.20 bits per heavy atom. The van der Waals surface area contributed by atoms with Crippen molar-refractivity contribution >= 4 is 6.09 Å². The number of hydrogen-bond donors (Lipinski definition) is 2. The molecule has 0 radical (unpaired) electrons. The van der Waals surface area contributed by atoms with Crippen molar-refractivity contribution in [1.82, 2.24) is 10.9 Å². The minimum atomic E-state index is -0.524. The van der Waals surface area contributed by atoms with E-state index in [1.807, 2.05) is 12.1 Å². The molecule has 20 heavy (non-hydrogen) atoms. The average molecular weight is 282 g/mol. The molecule has 0 aliphatic rings. The molecule has 0 fully saturated rings. The van der Waals surface area contributed by atoms with Gasteiger partial charge in [0.25, 0.3) is 0 Å². The van der Waals surface area contributed by atoms with Crippen LogP contribution in [0.25, 0.3) is 0 Å². The molecule has 6 nitrogen and oxygen atoms in total. The van der Waals surface area contributed by atoms with Crippen molar-refractivity contribution in [2.45, 2.75) is 32.9 Å². The Bertz CT molecular complexity index is 455. The standard InChI is InChI=1S/C14H22N2O4/c1-14(2,3)20-13(17)16-15-9-10-6-7-11(18-4)8-12(10)19-5/h6-8,15H,9H2,1-5H3,(H,16,17). The number of benzene rings is 1. The van der Waals surface area contributed by atoms with Gasteiger partial charge >= 0.3 is 6.09 Å². The highest BCUT2D eigenvalue weighted by molar-refractivity contribution is 5.67. The van der Waals surface area contributed by atoms with E-state index in [4.69, 9.17) is 14.2 Å². The smallest absolute Gasteiger partial charge is 0.422 e. The largest absolute Gasteiger partial charge is 0.497 e. The van der Waals surface area contributed by atoms with Crippen molar-refractivity contribution in [1.29, 1.82) is 0 Å². The lowest BCUT2D eigenvalue weighted by atomic mass is 10.2. The SMILES string of the molecule is COc1ccc(CNNC(=O)OC(C)(C)C)c(OC)c1. The number of rotatable bonds is 5. The zero-order valence-electron chi connectivity index (χ0n) is 12.6. The number of methoxy groups -OCH3 is 2. The van der Waals surface area contributed by atoms with E-state index >= 15 is 0 Å².